The van der Waals surface area contributed by atoms with Crippen molar-refractivity contribution < 1.29 is 19.1 Å². The van der Waals surface area contributed by atoms with E-state index in [0.717, 1.165) is 5.56 Å². The number of alkyl halides is 2. The largest absolute Gasteiger partial charge is 0.489 e. The van der Waals surface area contributed by atoms with Gasteiger partial charge in [-0.05, 0) is 36.8 Å². The number of anilines is 1. The lowest BCUT2D eigenvalue weighted by molar-refractivity contribution is -0.152. The maximum atomic E-state index is 11.9. The first-order valence-electron chi connectivity index (χ1n) is 8.42. The highest BCUT2D eigenvalue weighted by molar-refractivity contribution is 6.53. The Hall–Kier alpha value is -2.24. The van der Waals surface area contributed by atoms with Crippen LogP contribution in [0.5, 0.6) is 5.75 Å². The van der Waals surface area contributed by atoms with Gasteiger partial charge in [-0.25, -0.2) is 0 Å². The summed E-state index contributed by atoms with van der Waals surface area (Å²) in [5, 5.41) is 2.65. The van der Waals surface area contributed by atoms with E-state index in [0.29, 0.717) is 24.5 Å². The van der Waals surface area contributed by atoms with Crippen molar-refractivity contribution in [2.24, 2.45) is 5.41 Å². The van der Waals surface area contributed by atoms with Gasteiger partial charge in [-0.3, -0.25) is 9.59 Å². The fraction of sp³-hybridized carbons (Fsp3) is 0.300. The minimum atomic E-state index is -1.11. The van der Waals surface area contributed by atoms with E-state index in [1.165, 1.54) is 0 Å². The van der Waals surface area contributed by atoms with E-state index >= 15 is 0 Å². The molecular weight excluding hydrogens is 389 g/mol. The molecule has 2 aromatic carbocycles. The van der Waals surface area contributed by atoms with Crippen molar-refractivity contribution in [1.82, 2.24) is 0 Å². The van der Waals surface area contributed by atoms with Crippen LogP contribution in [0.4, 0.5) is 5.69 Å². The molecule has 0 unspecified atom stereocenters. The monoisotopic (exact) mass is 407 g/mol. The quantitative estimate of drug-likeness (QED) is 0.547. The average molecular weight is 408 g/mol. The second-order valence-corrected chi connectivity index (χ2v) is 8.12. The third-order valence-corrected chi connectivity index (χ3v) is 5.53. The SMILES string of the molecule is C[C@@]1(C(=O)OCC(=O)Nc2ccc(OCc3ccccc3)cc2)CC1(Cl)Cl. The van der Waals surface area contributed by atoms with Gasteiger partial charge in [0.2, 0.25) is 0 Å². The van der Waals surface area contributed by atoms with Crippen LogP contribution in [0.1, 0.15) is 18.9 Å². The number of halogens is 2. The van der Waals surface area contributed by atoms with Crippen LogP contribution < -0.4 is 10.1 Å². The summed E-state index contributed by atoms with van der Waals surface area (Å²) < 4.78 is 9.58. The molecule has 1 fully saturated rings. The van der Waals surface area contributed by atoms with Gasteiger partial charge in [-0.15, -0.1) is 23.2 Å². The first-order valence-corrected chi connectivity index (χ1v) is 9.17. The second kappa shape index (κ2) is 7.79. The highest BCUT2D eigenvalue weighted by Crippen LogP contribution is 2.64. The molecule has 1 atom stereocenters. The zero-order valence-electron chi connectivity index (χ0n) is 14.7. The summed E-state index contributed by atoms with van der Waals surface area (Å²) in [6.45, 7) is 1.68. The Morgan fingerprint density at radius 3 is 2.30 bits per heavy atom. The van der Waals surface area contributed by atoms with E-state index in [1.54, 1.807) is 31.2 Å². The summed E-state index contributed by atoms with van der Waals surface area (Å²) >= 11 is 11.8. The number of benzene rings is 2. The smallest absolute Gasteiger partial charge is 0.315 e. The number of ether oxygens (including phenoxy) is 2. The molecule has 1 N–H and O–H groups in total. The van der Waals surface area contributed by atoms with Crippen molar-refractivity contribution in [2.45, 2.75) is 24.3 Å². The summed E-state index contributed by atoms with van der Waals surface area (Å²) in [4.78, 5) is 23.9. The minimum Gasteiger partial charge on any atom is -0.489 e. The Balaban J connectivity index is 1.44. The second-order valence-electron chi connectivity index (χ2n) is 6.64. The van der Waals surface area contributed by atoms with Crippen molar-refractivity contribution in [2.75, 3.05) is 11.9 Å². The van der Waals surface area contributed by atoms with Crippen LogP contribution >= 0.6 is 23.2 Å². The van der Waals surface area contributed by atoms with Crippen LogP contribution in [0, 0.1) is 5.41 Å². The number of amides is 1. The van der Waals surface area contributed by atoms with Crippen molar-refractivity contribution >= 4 is 40.8 Å². The highest BCUT2D eigenvalue weighted by atomic mass is 35.5. The van der Waals surface area contributed by atoms with Crippen molar-refractivity contribution in [3.63, 3.8) is 0 Å². The molecule has 2 aromatic rings. The number of esters is 1. The van der Waals surface area contributed by atoms with E-state index < -0.39 is 28.2 Å². The van der Waals surface area contributed by atoms with Gasteiger partial charge in [0, 0.05) is 12.1 Å². The Bertz CT molecular complexity index is 824. The first-order chi connectivity index (χ1) is 12.8. The molecule has 1 saturated carbocycles. The van der Waals surface area contributed by atoms with Gasteiger partial charge < -0.3 is 14.8 Å². The molecule has 27 heavy (non-hydrogen) atoms. The van der Waals surface area contributed by atoms with Gasteiger partial charge in [-0.1, -0.05) is 30.3 Å². The van der Waals surface area contributed by atoms with Crippen LogP contribution in [0.2, 0.25) is 0 Å². The molecule has 142 valence electrons. The number of carbonyl (C=O) groups is 2. The van der Waals surface area contributed by atoms with Crippen LogP contribution in [0.3, 0.4) is 0 Å². The third kappa shape index (κ3) is 4.73. The lowest BCUT2D eigenvalue weighted by atomic mass is 10.1. The zero-order valence-corrected chi connectivity index (χ0v) is 16.2. The Morgan fingerprint density at radius 2 is 1.70 bits per heavy atom. The molecule has 1 aliphatic carbocycles. The lowest BCUT2D eigenvalue weighted by Crippen LogP contribution is -2.26. The molecule has 3 rings (SSSR count). The van der Waals surface area contributed by atoms with Gasteiger partial charge in [0.25, 0.3) is 5.91 Å². The molecule has 0 saturated heterocycles. The van der Waals surface area contributed by atoms with E-state index in [4.69, 9.17) is 32.7 Å². The predicted octanol–water partition coefficient (Wildman–Crippen LogP) is 4.33. The molecule has 0 aromatic heterocycles. The van der Waals surface area contributed by atoms with Gasteiger partial charge in [0.15, 0.2) is 6.61 Å². The van der Waals surface area contributed by atoms with Crippen LogP contribution in [0.25, 0.3) is 0 Å². The standard InChI is InChI=1S/C20H19Cl2NO4/c1-19(13-20(19,21)22)18(25)27-12-17(24)23-15-7-9-16(10-8-15)26-11-14-5-3-2-4-6-14/h2-10H,11-13H2,1H3,(H,23,24)/t19-/m0/s1. The molecule has 5 nitrogen and oxygen atoms in total. The van der Waals surface area contributed by atoms with Crippen molar-refractivity contribution in [3.8, 4) is 5.75 Å². The Labute approximate surface area is 167 Å². The average Bonchev–Trinajstić information content (AvgIpc) is 3.19. The summed E-state index contributed by atoms with van der Waals surface area (Å²) in [5.74, 6) is -0.335. The summed E-state index contributed by atoms with van der Waals surface area (Å²) in [5.41, 5.74) is 0.692. The summed E-state index contributed by atoms with van der Waals surface area (Å²) in [6, 6.07) is 16.8. The number of hydrogen-bond acceptors (Lipinski definition) is 4. The van der Waals surface area contributed by atoms with Crippen molar-refractivity contribution in [1.29, 1.82) is 0 Å². The maximum absolute atomic E-state index is 11.9. The topological polar surface area (TPSA) is 64.6 Å². The molecule has 7 heteroatoms. The third-order valence-electron chi connectivity index (χ3n) is 4.43. The maximum Gasteiger partial charge on any atom is 0.315 e. The predicted molar refractivity (Wildman–Crippen MR) is 104 cm³/mol. The molecule has 1 amide bonds. The Kier molecular flexibility index (Phi) is 5.63. The molecule has 0 bridgehead atoms. The molecule has 0 heterocycles. The van der Waals surface area contributed by atoms with E-state index in [9.17, 15) is 9.59 Å². The minimum absolute atomic E-state index is 0.313. The van der Waals surface area contributed by atoms with Gasteiger partial charge in [0.1, 0.15) is 22.1 Å². The highest BCUT2D eigenvalue weighted by Gasteiger charge is 2.69. The molecule has 1 aliphatic rings. The number of nitrogens with one attached hydrogen (secondary N) is 1. The number of carbonyl (C=O) groups excluding carboxylic acids is 2. The lowest BCUT2D eigenvalue weighted by Gasteiger charge is -2.12. The van der Waals surface area contributed by atoms with Crippen LogP contribution in [-0.2, 0) is 20.9 Å². The zero-order chi connectivity index (χ0) is 19.5. The molecule has 0 aliphatic heterocycles. The van der Waals surface area contributed by atoms with Crippen LogP contribution in [0.15, 0.2) is 54.6 Å². The van der Waals surface area contributed by atoms with Gasteiger partial charge in [0.05, 0.1) is 0 Å². The van der Waals surface area contributed by atoms with E-state index in [1.807, 2.05) is 30.3 Å². The molecular formula is C20H19Cl2NO4. The fourth-order valence-electron chi connectivity index (χ4n) is 2.48. The van der Waals surface area contributed by atoms with Crippen molar-refractivity contribution in [3.05, 3.63) is 60.2 Å². The summed E-state index contributed by atoms with van der Waals surface area (Å²) in [7, 11) is 0. The van der Waals surface area contributed by atoms with Crippen LogP contribution in [-0.4, -0.2) is 22.8 Å². The number of hydrogen-bond donors (Lipinski definition) is 1. The summed E-state index contributed by atoms with van der Waals surface area (Å²) in [6.07, 6.45) is 0.313. The molecule has 0 radical (unpaired) electrons. The van der Waals surface area contributed by atoms with E-state index in [2.05, 4.69) is 5.32 Å². The number of rotatable bonds is 7. The Morgan fingerprint density at radius 1 is 1.07 bits per heavy atom. The normalized spacial score (nSPS) is 19.8. The van der Waals surface area contributed by atoms with Gasteiger partial charge in [-0.2, -0.15) is 0 Å². The van der Waals surface area contributed by atoms with E-state index in [-0.39, 0.29) is 0 Å². The molecule has 0 spiro atoms. The first kappa shape index (κ1) is 19.5. The van der Waals surface area contributed by atoms with Gasteiger partial charge >= 0.3 is 5.97 Å². The fourth-order valence-corrected chi connectivity index (χ4v) is 3.17.